The Morgan fingerprint density at radius 3 is 2.83 bits per heavy atom. The van der Waals surface area contributed by atoms with Crippen molar-refractivity contribution < 1.29 is 4.74 Å². The fourth-order valence-corrected chi connectivity index (χ4v) is 1.43. The lowest BCUT2D eigenvalue weighted by Crippen LogP contribution is -2.10. The zero-order valence-electron chi connectivity index (χ0n) is 7.07. The molecule has 64 valence electrons. The summed E-state index contributed by atoms with van der Waals surface area (Å²) in [4.78, 5) is 0. The maximum atomic E-state index is 5.35. The van der Waals surface area contributed by atoms with E-state index in [1.807, 2.05) is 12.1 Å². The number of ether oxygens (including phenoxy) is 1. The summed E-state index contributed by atoms with van der Waals surface area (Å²) in [6.45, 7) is 2.67. The Hall–Kier alpha value is -1.02. The minimum absolute atomic E-state index is 0.804. The topological polar surface area (TPSA) is 14.2 Å². The van der Waals surface area contributed by atoms with Gasteiger partial charge in [-0.1, -0.05) is 6.08 Å². The second kappa shape index (κ2) is 3.59. The van der Waals surface area contributed by atoms with Gasteiger partial charge in [-0.05, 0) is 24.1 Å². The highest BCUT2D eigenvalue weighted by Crippen LogP contribution is 2.08. The Labute approximate surface area is 72.5 Å². The molecule has 2 heteroatoms. The summed E-state index contributed by atoms with van der Waals surface area (Å²) in [5.41, 5.74) is 1.39. The molecule has 0 atom stereocenters. The second-order valence-corrected chi connectivity index (χ2v) is 3.06. The van der Waals surface area contributed by atoms with E-state index in [1.54, 1.807) is 0 Å². The van der Waals surface area contributed by atoms with Crippen LogP contribution in [0.3, 0.4) is 0 Å². The molecule has 12 heavy (non-hydrogen) atoms. The van der Waals surface area contributed by atoms with Crippen molar-refractivity contribution in [3.8, 4) is 0 Å². The van der Waals surface area contributed by atoms with E-state index >= 15 is 0 Å². The third-order valence-corrected chi connectivity index (χ3v) is 2.03. The summed E-state index contributed by atoms with van der Waals surface area (Å²) in [5.74, 6) is 0. The number of aromatic nitrogens is 1. The quantitative estimate of drug-likeness (QED) is 0.607. The molecule has 1 aliphatic heterocycles. The van der Waals surface area contributed by atoms with Gasteiger partial charge in [0.1, 0.15) is 0 Å². The van der Waals surface area contributed by atoms with Crippen molar-refractivity contribution in [2.75, 3.05) is 13.2 Å². The van der Waals surface area contributed by atoms with Crippen molar-refractivity contribution in [3.05, 3.63) is 36.2 Å². The molecule has 0 saturated heterocycles. The predicted octanol–water partition coefficient (Wildman–Crippen LogP) is 1.83. The molecule has 0 spiro atoms. The molecule has 0 N–H and O–H groups in total. The largest absolute Gasteiger partial charge is 0.377 e. The van der Waals surface area contributed by atoms with Crippen LogP contribution in [-0.4, -0.2) is 17.8 Å². The zero-order valence-corrected chi connectivity index (χ0v) is 7.07. The van der Waals surface area contributed by atoms with E-state index in [0.29, 0.717) is 0 Å². The molecule has 0 aliphatic carbocycles. The van der Waals surface area contributed by atoms with Crippen LogP contribution in [0.25, 0.3) is 0 Å². The lowest BCUT2D eigenvalue weighted by Gasteiger charge is -2.13. The predicted molar refractivity (Wildman–Crippen MR) is 48.0 cm³/mol. The van der Waals surface area contributed by atoms with Gasteiger partial charge in [0.25, 0.3) is 0 Å². The van der Waals surface area contributed by atoms with E-state index in [4.69, 9.17) is 4.74 Å². The van der Waals surface area contributed by atoms with E-state index in [0.717, 1.165) is 26.2 Å². The van der Waals surface area contributed by atoms with Gasteiger partial charge in [0.05, 0.1) is 13.2 Å². The van der Waals surface area contributed by atoms with E-state index in [9.17, 15) is 0 Å². The van der Waals surface area contributed by atoms with Crippen LogP contribution in [0, 0.1) is 0 Å². The Morgan fingerprint density at radius 2 is 2.17 bits per heavy atom. The fourth-order valence-electron chi connectivity index (χ4n) is 1.43. The van der Waals surface area contributed by atoms with Gasteiger partial charge in [0.15, 0.2) is 0 Å². The van der Waals surface area contributed by atoms with Gasteiger partial charge in [-0.25, -0.2) is 0 Å². The van der Waals surface area contributed by atoms with Gasteiger partial charge in [-0.15, -0.1) is 0 Å². The SMILES string of the molecule is C1=C(Cn2cccc2)COCC1. The molecule has 2 nitrogen and oxygen atoms in total. The van der Waals surface area contributed by atoms with Crippen LogP contribution in [-0.2, 0) is 11.3 Å². The summed E-state index contributed by atoms with van der Waals surface area (Å²) in [5, 5.41) is 0. The molecule has 1 aromatic rings. The molecule has 2 heterocycles. The van der Waals surface area contributed by atoms with Crippen molar-refractivity contribution in [2.45, 2.75) is 13.0 Å². The fraction of sp³-hybridized carbons (Fsp3) is 0.400. The van der Waals surface area contributed by atoms with E-state index in [1.165, 1.54) is 5.57 Å². The molecule has 0 bridgehead atoms. The van der Waals surface area contributed by atoms with Crippen molar-refractivity contribution >= 4 is 0 Å². The highest BCUT2D eigenvalue weighted by atomic mass is 16.5. The summed E-state index contributed by atoms with van der Waals surface area (Å²) >= 11 is 0. The highest BCUT2D eigenvalue weighted by molar-refractivity contribution is 5.06. The van der Waals surface area contributed by atoms with Crippen LogP contribution in [0.2, 0.25) is 0 Å². The molecule has 0 aromatic carbocycles. The van der Waals surface area contributed by atoms with Crippen LogP contribution in [0.4, 0.5) is 0 Å². The van der Waals surface area contributed by atoms with Gasteiger partial charge in [0, 0.05) is 18.9 Å². The van der Waals surface area contributed by atoms with Gasteiger partial charge in [0.2, 0.25) is 0 Å². The number of nitrogens with zero attached hydrogens (tertiary/aromatic N) is 1. The Morgan fingerprint density at radius 1 is 1.33 bits per heavy atom. The lowest BCUT2D eigenvalue weighted by molar-refractivity contribution is 0.147. The van der Waals surface area contributed by atoms with Crippen molar-refractivity contribution in [1.82, 2.24) is 4.57 Å². The first-order valence-electron chi connectivity index (χ1n) is 4.31. The monoisotopic (exact) mass is 163 g/mol. The Balaban J connectivity index is 1.98. The average molecular weight is 163 g/mol. The van der Waals surface area contributed by atoms with E-state index < -0.39 is 0 Å². The molecule has 1 aromatic heterocycles. The number of hydrogen-bond donors (Lipinski definition) is 0. The number of rotatable bonds is 2. The minimum Gasteiger partial charge on any atom is -0.377 e. The maximum absolute atomic E-state index is 5.35. The first kappa shape index (κ1) is 7.62. The second-order valence-electron chi connectivity index (χ2n) is 3.06. The zero-order chi connectivity index (χ0) is 8.23. The third-order valence-electron chi connectivity index (χ3n) is 2.03. The van der Waals surface area contributed by atoms with E-state index in [-0.39, 0.29) is 0 Å². The van der Waals surface area contributed by atoms with Crippen LogP contribution in [0.5, 0.6) is 0 Å². The van der Waals surface area contributed by atoms with Crippen molar-refractivity contribution in [2.24, 2.45) is 0 Å². The Kier molecular flexibility index (Phi) is 2.28. The van der Waals surface area contributed by atoms with E-state index in [2.05, 4.69) is 23.0 Å². The summed E-state index contributed by atoms with van der Waals surface area (Å²) in [6.07, 6.45) is 7.50. The molecular formula is C10H13NO. The summed E-state index contributed by atoms with van der Waals surface area (Å²) in [6, 6.07) is 4.09. The van der Waals surface area contributed by atoms with Crippen LogP contribution in [0.1, 0.15) is 6.42 Å². The third kappa shape index (κ3) is 1.77. The van der Waals surface area contributed by atoms with Gasteiger partial charge < -0.3 is 9.30 Å². The normalized spacial score (nSPS) is 17.5. The molecule has 0 saturated carbocycles. The van der Waals surface area contributed by atoms with Crippen molar-refractivity contribution in [1.29, 1.82) is 0 Å². The molecular weight excluding hydrogens is 150 g/mol. The minimum atomic E-state index is 0.804. The molecule has 0 radical (unpaired) electrons. The average Bonchev–Trinajstić information content (AvgIpc) is 2.59. The van der Waals surface area contributed by atoms with Crippen LogP contribution in [0.15, 0.2) is 36.2 Å². The highest BCUT2D eigenvalue weighted by Gasteiger charge is 2.02. The summed E-state index contributed by atoms with van der Waals surface area (Å²) < 4.78 is 7.52. The van der Waals surface area contributed by atoms with Crippen LogP contribution < -0.4 is 0 Å². The number of hydrogen-bond acceptors (Lipinski definition) is 1. The summed E-state index contributed by atoms with van der Waals surface area (Å²) in [7, 11) is 0. The van der Waals surface area contributed by atoms with Gasteiger partial charge in [-0.3, -0.25) is 0 Å². The molecule has 1 aliphatic rings. The van der Waals surface area contributed by atoms with Crippen molar-refractivity contribution in [3.63, 3.8) is 0 Å². The maximum Gasteiger partial charge on any atom is 0.0694 e. The molecule has 0 amide bonds. The first-order valence-corrected chi connectivity index (χ1v) is 4.31. The van der Waals surface area contributed by atoms with Gasteiger partial charge >= 0.3 is 0 Å². The standard InChI is InChI=1S/C10H13NO/c1-2-6-11(5-1)8-10-4-3-7-12-9-10/h1-2,4-6H,3,7-9H2. The van der Waals surface area contributed by atoms with Gasteiger partial charge in [-0.2, -0.15) is 0 Å². The molecule has 0 unspecified atom stereocenters. The van der Waals surface area contributed by atoms with Crippen LogP contribution >= 0.6 is 0 Å². The lowest BCUT2D eigenvalue weighted by atomic mass is 10.2. The molecule has 2 rings (SSSR count). The molecule has 0 fully saturated rings. The first-order chi connectivity index (χ1) is 5.95. The smallest absolute Gasteiger partial charge is 0.0694 e. The Bertz CT molecular complexity index is 261.